The lowest BCUT2D eigenvalue weighted by Gasteiger charge is -2.31. The number of nitrogens with one attached hydrogen (secondary N) is 1. The summed E-state index contributed by atoms with van der Waals surface area (Å²) in [5, 5.41) is 2.87. The van der Waals surface area contributed by atoms with E-state index in [9.17, 15) is 18.0 Å². The number of hydrogen-bond acceptors (Lipinski definition) is 4. The van der Waals surface area contributed by atoms with Crippen LogP contribution in [0.1, 0.15) is 56.1 Å². The Morgan fingerprint density at radius 1 is 0.935 bits per heavy atom. The maximum absolute atomic E-state index is 13.1. The fourth-order valence-electron chi connectivity index (χ4n) is 4.94. The topological polar surface area (TPSA) is 86.8 Å². The zero-order chi connectivity index (χ0) is 21.8. The van der Waals surface area contributed by atoms with E-state index in [0.717, 1.165) is 50.8 Å². The quantitative estimate of drug-likeness (QED) is 0.724. The number of rotatable bonds is 6. The van der Waals surface area contributed by atoms with E-state index in [4.69, 9.17) is 0 Å². The molecule has 0 spiro atoms. The highest BCUT2D eigenvalue weighted by Gasteiger charge is 2.32. The van der Waals surface area contributed by atoms with E-state index in [1.165, 1.54) is 16.3 Å². The molecule has 4 rings (SSSR count). The van der Waals surface area contributed by atoms with Gasteiger partial charge in [0.2, 0.25) is 21.8 Å². The summed E-state index contributed by atoms with van der Waals surface area (Å²) in [6.07, 6.45) is 7.72. The molecule has 1 aliphatic carbocycles. The van der Waals surface area contributed by atoms with Gasteiger partial charge in [0.1, 0.15) is 0 Å². The van der Waals surface area contributed by atoms with Crippen LogP contribution in [-0.2, 0) is 32.5 Å². The van der Waals surface area contributed by atoms with Crippen molar-refractivity contribution in [3.8, 4) is 0 Å². The lowest BCUT2D eigenvalue weighted by Crippen LogP contribution is -2.43. The monoisotopic (exact) mass is 447 g/mol. The van der Waals surface area contributed by atoms with Crippen LogP contribution in [0.3, 0.4) is 0 Å². The number of hydrogen-bond donors (Lipinski definition) is 1. The molecule has 0 atom stereocenters. The van der Waals surface area contributed by atoms with Gasteiger partial charge in [-0.05, 0) is 74.6 Å². The zero-order valence-corrected chi connectivity index (χ0v) is 19.0. The third kappa shape index (κ3) is 5.12. The van der Waals surface area contributed by atoms with Crippen molar-refractivity contribution in [2.45, 2.75) is 62.7 Å². The van der Waals surface area contributed by atoms with Gasteiger partial charge < -0.3 is 10.2 Å². The Morgan fingerprint density at radius 2 is 1.61 bits per heavy atom. The molecule has 2 heterocycles. The molecule has 1 aromatic carbocycles. The van der Waals surface area contributed by atoms with Gasteiger partial charge in [0.05, 0.1) is 4.90 Å². The van der Waals surface area contributed by atoms with E-state index in [0.29, 0.717) is 43.8 Å². The lowest BCUT2D eigenvalue weighted by molar-refractivity contribution is -0.130. The van der Waals surface area contributed by atoms with Crippen LogP contribution in [0.5, 0.6) is 0 Å². The van der Waals surface area contributed by atoms with E-state index in [1.807, 2.05) is 17.0 Å². The molecule has 0 saturated carbocycles. The van der Waals surface area contributed by atoms with Gasteiger partial charge in [0.15, 0.2) is 0 Å². The van der Waals surface area contributed by atoms with Gasteiger partial charge in [0.25, 0.3) is 0 Å². The van der Waals surface area contributed by atoms with E-state index >= 15 is 0 Å². The number of benzene rings is 1. The van der Waals surface area contributed by atoms with Gasteiger partial charge in [-0.3, -0.25) is 9.59 Å². The lowest BCUT2D eigenvalue weighted by atomic mass is 9.92. The fourth-order valence-corrected chi connectivity index (χ4v) is 6.46. The van der Waals surface area contributed by atoms with Crippen LogP contribution in [0.25, 0.3) is 0 Å². The number of fused-ring (bicyclic) bond motifs is 1. The molecule has 0 radical (unpaired) electrons. The summed E-state index contributed by atoms with van der Waals surface area (Å²) in [6.45, 7) is 2.70. The van der Waals surface area contributed by atoms with Crippen LogP contribution in [0.2, 0.25) is 0 Å². The molecular formula is C23H33N3O4S. The number of nitrogens with zero attached hydrogens (tertiary/aromatic N) is 2. The summed E-state index contributed by atoms with van der Waals surface area (Å²) in [4.78, 5) is 26.8. The molecule has 1 aromatic rings. The molecule has 1 N–H and O–H groups in total. The normalized spacial score (nSPS) is 20.5. The summed E-state index contributed by atoms with van der Waals surface area (Å²) in [5.74, 6) is -0.166. The van der Waals surface area contributed by atoms with E-state index in [-0.39, 0.29) is 17.7 Å². The molecule has 2 amide bonds. The van der Waals surface area contributed by atoms with Crippen molar-refractivity contribution in [3.63, 3.8) is 0 Å². The Labute approximate surface area is 185 Å². The zero-order valence-electron chi connectivity index (χ0n) is 18.1. The predicted octanol–water partition coefficient (Wildman–Crippen LogP) is 2.09. The number of sulfonamides is 1. The molecule has 170 valence electrons. The maximum atomic E-state index is 13.1. The summed E-state index contributed by atoms with van der Waals surface area (Å²) in [6, 6.07) is 5.54. The van der Waals surface area contributed by atoms with E-state index in [1.54, 1.807) is 6.07 Å². The van der Waals surface area contributed by atoms with Crippen LogP contribution in [0.15, 0.2) is 23.1 Å². The highest BCUT2D eigenvalue weighted by molar-refractivity contribution is 7.89. The highest BCUT2D eigenvalue weighted by atomic mass is 32.2. The third-order valence-corrected chi connectivity index (χ3v) is 8.77. The number of aryl methyl sites for hydroxylation is 2. The van der Waals surface area contributed by atoms with Gasteiger partial charge in [-0.15, -0.1) is 0 Å². The van der Waals surface area contributed by atoms with Crippen molar-refractivity contribution in [2.75, 3.05) is 32.7 Å². The first-order chi connectivity index (χ1) is 14.9. The molecule has 0 bridgehead atoms. The van der Waals surface area contributed by atoms with Crippen LogP contribution in [0.4, 0.5) is 0 Å². The van der Waals surface area contributed by atoms with Crippen LogP contribution >= 0.6 is 0 Å². The minimum Gasteiger partial charge on any atom is -0.355 e. The van der Waals surface area contributed by atoms with Crippen LogP contribution < -0.4 is 5.32 Å². The van der Waals surface area contributed by atoms with Gasteiger partial charge >= 0.3 is 0 Å². The summed E-state index contributed by atoms with van der Waals surface area (Å²) in [7, 11) is -3.53. The third-order valence-electron chi connectivity index (χ3n) is 6.88. The average molecular weight is 448 g/mol. The van der Waals surface area contributed by atoms with Gasteiger partial charge in [-0.2, -0.15) is 4.31 Å². The average Bonchev–Trinajstić information content (AvgIpc) is 3.34. The molecular weight excluding hydrogens is 414 g/mol. The fraction of sp³-hybridized carbons (Fsp3) is 0.652. The van der Waals surface area contributed by atoms with Crippen molar-refractivity contribution in [1.82, 2.24) is 14.5 Å². The first-order valence-electron chi connectivity index (χ1n) is 11.6. The first kappa shape index (κ1) is 22.3. The van der Waals surface area contributed by atoms with Crippen molar-refractivity contribution >= 4 is 21.8 Å². The van der Waals surface area contributed by atoms with Gasteiger partial charge in [-0.25, -0.2) is 8.42 Å². The van der Waals surface area contributed by atoms with Crippen molar-refractivity contribution in [2.24, 2.45) is 5.92 Å². The van der Waals surface area contributed by atoms with Crippen molar-refractivity contribution in [3.05, 3.63) is 29.3 Å². The largest absolute Gasteiger partial charge is 0.355 e. The van der Waals surface area contributed by atoms with Gasteiger partial charge in [-0.1, -0.05) is 6.07 Å². The summed E-state index contributed by atoms with van der Waals surface area (Å²) < 4.78 is 27.7. The van der Waals surface area contributed by atoms with Crippen molar-refractivity contribution < 1.29 is 18.0 Å². The first-order valence-corrected chi connectivity index (χ1v) is 13.1. The minimum absolute atomic E-state index is 0.0694. The standard InChI is InChI=1S/C23H33N3O4S/c27-22(25-13-3-4-14-25)9-12-24-23(28)19-10-15-26(16-11-19)31(29,30)21-8-7-18-5-1-2-6-20(18)17-21/h7-8,17,19H,1-6,9-16H2,(H,24,28). The second kappa shape index (κ2) is 9.69. The Bertz CT molecular complexity index is 917. The number of likely N-dealkylation sites (tertiary alicyclic amines) is 1. The second-order valence-electron chi connectivity index (χ2n) is 8.94. The number of piperidine rings is 1. The highest BCUT2D eigenvalue weighted by Crippen LogP contribution is 2.28. The number of carbonyl (C=O) groups excluding carboxylic acids is 2. The Morgan fingerprint density at radius 3 is 2.32 bits per heavy atom. The number of amides is 2. The van der Waals surface area contributed by atoms with Crippen molar-refractivity contribution in [1.29, 1.82) is 0 Å². The molecule has 2 saturated heterocycles. The second-order valence-corrected chi connectivity index (χ2v) is 10.9. The summed E-state index contributed by atoms with van der Waals surface area (Å²) in [5.41, 5.74) is 2.42. The molecule has 2 aliphatic heterocycles. The predicted molar refractivity (Wildman–Crippen MR) is 118 cm³/mol. The molecule has 7 nitrogen and oxygen atoms in total. The Balaban J connectivity index is 1.26. The Kier molecular flexibility index (Phi) is 6.96. The molecule has 31 heavy (non-hydrogen) atoms. The molecule has 0 unspecified atom stereocenters. The SMILES string of the molecule is O=C(NCCC(=O)N1CCCC1)C1CCN(S(=O)(=O)c2ccc3c(c2)CCCC3)CC1. The molecule has 8 heteroatoms. The maximum Gasteiger partial charge on any atom is 0.243 e. The molecule has 0 aromatic heterocycles. The minimum atomic E-state index is -3.53. The van der Waals surface area contributed by atoms with E-state index in [2.05, 4.69) is 5.32 Å². The molecule has 3 aliphatic rings. The van der Waals surface area contributed by atoms with Crippen LogP contribution in [0, 0.1) is 5.92 Å². The van der Waals surface area contributed by atoms with E-state index < -0.39 is 10.0 Å². The van der Waals surface area contributed by atoms with Gasteiger partial charge in [0, 0.05) is 45.1 Å². The summed E-state index contributed by atoms with van der Waals surface area (Å²) >= 11 is 0. The smallest absolute Gasteiger partial charge is 0.243 e. The Hall–Kier alpha value is -1.93. The van der Waals surface area contributed by atoms with Crippen LogP contribution in [-0.4, -0.2) is 62.2 Å². The molecule has 2 fully saturated rings. The number of carbonyl (C=O) groups is 2.